The first-order chi connectivity index (χ1) is 48.7. The highest BCUT2D eigenvalue weighted by atomic mass is 31.2. The predicted octanol–water partition coefficient (Wildman–Crippen LogP) is 24.6. The van der Waals surface area contributed by atoms with Gasteiger partial charge in [-0.05, 0) is 25.7 Å². The Hall–Kier alpha value is -1.94. The SMILES string of the molecule is CCCCCCCCCCCCCCCCCCCC(=O)OC[C@H](COP(=O)(O)OC[C@@H](O)COP(=O)(O)OC[C@@H](COC(=O)CCCCCCCCCCCCCCC)OC(=O)CCCCCCCCCCCCCCCCCCC)OC(=O)CCCCCCCCCCCCCCC. The second-order valence-electron chi connectivity index (χ2n) is 29.2. The zero-order chi connectivity index (χ0) is 73.2. The van der Waals surface area contributed by atoms with Crippen LogP contribution in [0.4, 0.5) is 0 Å². The fraction of sp³-hybridized carbons (Fsp3) is 0.951. The number of hydrogen-bond donors (Lipinski definition) is 3. The monoisotopic (exact) mass is 1470 g/mol. The zero-order valence-corrected chi connectivity index (χ0v) is 67.0. The summed E-state index contributed by atoms with van der Waals surface area (Å²) in [5, 5.41) is 10.6. The van der Waals surface area contributed by atoms with Gasteiger partial charge in [-0.25, -0.2) is 9.13 Å². The number of ether oxygens (including phenoxy) is 4. The topological polar surface area (TPSA) is 237 Å². The first-order valence-electron chi connectivity index (χ1n) is 42.3. The summed E-state index contributed by atoms with van der Waals surface area (Å²) in [7, 11) is -9.92. The fourth-order valence-electron chi connectivity index (χ4n) is 12.6. The number of phosphoric ester groups is 2. The molecule has 3 N–H and O–H groups in total. The van der Waals surface area contributed by atoms with Crippen LogP contribution in [-0.4, -0.2) is 96.7 Å². The normalized spacial score (nSPS) is 13.8. The number of carbonyl (C=O) groups is 4. The van der Waals surface area contributed by atoms with E-state index in [1.165, 1.54) is 270 Å². The van der Waals surface area contributed by atoms with Crippen molar-refractivity contribution in [2.45, 2.75) is 457 Å². The minimum absolute atomic E-state index is 0.109. The molecule has 100 heavy (non-hydrogen) atoms. The fourth-order valence-corrected chi connectivity index (χ4v) is 14.2. The van der Waals surface area contributed by atoms with Crippen molar-refractivity contribution in [3.8, 4) is 0 Å². The van der Waals surface area contributed by atoms with E-state index in [1.807, 2.05) is 0 Å². The van der Waals surface area contributed by atoms with Crippen molar-refractivity contribution in [1.29, 1.82) is 0 Å². The molecule has 0 bridgehead atoms. The maximum atomic E-state index is 13.1. The molecule has 0 rings (SSSR count). The molecule has 0 aliphatic carbocycles. The van der Waals surface area contributed by atoms with E-state index in [4.69, 9.17) is 37.0 Å². The average Bonchev–Trinajstić information content (AvgIpc) is 1.93. The van der Waals surface area contributed by atoms with Crippen LogP contribution in [0.25, 0.3) is 0 Å². The first kappa shape index (κ1) is 98.1. The van der Waals surface area contributed by atoms with Crippen LogP contribution < -0.4 is 0 Å². The highest BCUT2D eigenvalue weighted by Gasteiger charge is 2.30. The molecule has 5 atom stereocenters. The molecule has 2 unspecified atom stereocenters. The van der Waals surface area contributed by atoms with Crippen LogP contribution >= 0.6 is 15.6 Å². The summed E-state index contributed by atoms with van der Waals surface area (Å²) >= 11 is 0. The minimum Gasteiger partial charge on any atom is -0.462 e. The average molecular weight is 1470 g/mol. The Morgan fingerprint density at radius 3 is 0.590 bits per heavy atom. The molecule has 17 nitrogen and oxygen atoms in total. The molecule has 0 spiro atoms. The Bertz CT molecular complexity index is 1890. The van der Waals surface area contributed by atoms with Crippen LogP contribution in [0.2, 0.25) is 0 Å². The summed E-state index contributed by atoms with van der Waals surface area (Å²) in [4.78, 5) is 73.1. The summed E-state index contributed by atoms with van der Waals surface area (Å²) in [6.07, 6.45) is 67.8. The number of phosphoric acid groups is 2. The third-order valence-electron chi connectivity index (χ3n) is 19.1. The van der Waals surface area contributed by atoms with Crippen molar-refractivity contribution in [2.24, 2.45) is 0 Å². The van der Waals surface area contributed by atoms with Gasteiger partial charge in [-0.15, -0.1) is 0 Å². The van der Waals surface area contributed by atoms with Gasteiger partial charge in [0, 0.05) is 25.7 Å². The maximum Gasteiger partial charge on any atom is 0.472 e. The van der Waals surface area contributed by atoms with Crippen LogP contribution in [0, 0.1) is 0 Å². The summed E-state index contributed by atoms with van der Waals surface area (Å²) < 4.78 is 68.8. The van der Waals surface area contributed by atoms with E-state index in [0.717, 1.165) is 89.9 Å². The van der Waals surface area contributed by atoms with Crippen molar-refractivity contribution in [1.82, 2.24) is 0 Å². The number of hydrogen-bond acceptors (Lipinski definition) is 15. The van der Waals surface area contributed by atoms with Gasteiger partial charge in [-0.3, -0.25) is 37.3 Å². The molecule has 0 aliphatic rings. The zero-order valence-electron chi connectivity index (χ0n) is 65.2. The lowest BCUT2D eigenvalue weighted by atomic mass is 10.0. The van der Waals surface area contributed by atoms with Gasteiger partial charge in [-0.1, -0.05) is 387 Å². The molecular formula is C81H158O17P2. The predicted molar refractivity (Wildman–Crippen MR) is 409 cm³/mol. The molecule has 0 fully saturated rings. The van der Waals surface area contributed by atoms with Crippen molar-refractivity contribution in [3.05, 3.63) is 0 Å². The number of aliphatic hydroxyl groups is 1. The van der Waals surface area contributed by atoms with Gasteiger partial charge in [0.25, 0.3) is 0 Å². The maximum absolute atomic E-state index is 13.1. The van der Waals surface area contributed by atoms with E-state index in [0.29, 0.717) is 25.7 Å². The molecule has 594 valence electrons. The van der Waals surface area contributed by atoms with Gasteiger partial charge in [0.05, 0.1) is 26.4 Å². The molecule has 0 radical (unpaired) electrons. The molecule has 0 amide bonds. The highest BCUT2D eigenvalue weighted by molar-refractivity contribution is 7.47. The summed E-state index contributed by atoms with van der Waals surface area (Å²) in [5.74, 6) is -2.10. The van der Waals surface area contributed by atoms with Gasteiger partial charge >= 0.3 is 39.5 Å². The molecule has 0 saturated carbocycles. The lowest BCUT2D eigenvalue weighted by molar-refractivity contribution is -0.161. The van der Waals surface area contributed by atoms with Crippen molar-refractivity contribution in [2.75, 3.05) is 39.6 Å². The summed E-state index contributed by atoms with van der Waals surface area (Å²) in [6, 6.07) is 0. The van der Waals surface area contributed by atoms with Gasteiger partial charge in [-0.2, -0.15) is 0 Å². The number of rotatable bonds is 82. The number of carbonyl (C=O) groups excluding carboxylic acids is 4. The van der Waals surface area contributed by atoms with E-state index in [-0.39, 0.29) is 25.7 Å². The number of aliphatic hydroxyl groups excluding tert-OH is 1. The third-order valence-corrected chi connectivity index (χ3v) is 21.0. The van der Waals surface area contributed by atoms with Gasteiger partial charge in [0.2, 0.25) is 0 Å². The minimum atomic E-state index is -4.96. The van der Waals surface area contributed by atoms with Crippen molar-refractivity contribution < 1.29 is 80.2 Å². The van der Waals surface area contributed by atoms with Gasteiger partial charge < -0.3 is 33.8 Å². The van der Waals surface area contributed by atoms with E-state index in [9.17, 15) is 43.2 Å². The molecule has 0 aromatic rings. The molecule has 0 aromatic heterocycles. The smallest absolute Gasteiger partial charge is 0.462 e. The van der Waals surface area contributed by atoms with Crippen LogP contribution in [0.5, 0.6) is 0 Å². The molecule has 0 saturated heterocycles. The van der Waals surface area contributed by atoms with Crippen LogP contribution in [0.3, 0.4) is 0 Å². The van der Waals surface area contributed by atoms with E-state index in [1.54, 1.807) is 0 Å². The first-order valence-corrected chi connectivity index (χ1v) is 45.3. The summed E-state index contributed by atoms with van der Waals surface area (Å²) in [5.41, 5.74) is 0. The number of esters is 4. The van der Waals surface area contributed by atoms with E-state index in [2.05, 4.69) is 27.7 Å². The molecule has 0 aromatic carbocycles. The second kappa shape index (κ2) is 75.3. The highest BCUT2D eigenvalue weighted by Crippen LogP contribution is 2.45. The molecular weight excluding hydrogens is 1310 g/mol. The van der Waals surface area contributed by atoms with Crippen LogP contribution in [0.15, 0.2) is 0 Å². The lowest BCUT2D eigenvalue weighted by Gasteiger charge is -2.21. The largest absolute Gasteiger partial charge is 0.472 e. The lowest BCUT2D eigenvalue weighted by Crippen LogP contribution is -2.30. The standard InChI is InChI=1S/C81H158O17P2/c1-5-9-13-17-21-25-29-33-35-37-39-43-46-50-54-58-62-66-79(84)92-72-76(97-80(85)67-63-59-55-51-47-42-32-28-24-20-16-12-8-4)73-95-99(87,88)93-69-75(82)70-94-100(89,90)96-74-77(71-91-78(83)65-61-57-53-49-45-41-31-27-23-19-15-11-7-3)98-81(86)68-64-60-56-52-48-44-40-38-36-34-30-26-22-18-14-10-6-2/h75-77,82H,5-74H2,1-4H3,(H,87,88)(H,89,90)/t75-,76-,77-/m1/s1. The molecule has 0 aliphatic heterocycles. The Labute approximate surface area is 613 Å². The Balaban J connectivity index is 5.24. The quantitative estimate of drug-likeness (QED) is 0.0222. The van der Waals surface area contributed by atoms with Gasteiger partial charge in [0.1, 0.15) is 19.3 Å². The third kappa shape index (κ3) is 74.3. The van der Waals surface area contributed by atoms with Crippen molar-refractivity contribution >= 4 is 39.5 Å². The van der Waals surface area contributed by atoms with Gasteiger partial charge in [0.15, 0.2) is 12.2 Å². The van der Waals surface area contributed by atoms with Crippen molar-refractivity contribution in [3.63, 3.8) is 0 Å². The van der Waals surface area contributed by atoms with Crippen LogP contribution in [-0.2, 0) is 65.4 Å². The number of unbranched alkanes of at least 4 members (excludes halogenated alkanes) is 56. The Morgan fingerprint density at radius 1 is 0.240 bits per heavy atom. The Kier molecular flexibility index (Phi) is 73.8. The Morgan fingerprint density at radius 2 is 0.400 bits per heavy atom. The second-order valence-corrected chi connectivity index (χ2v) is 32.1. The van der Waals surface area contributed by atoms with E-state index >= 15 is 0 Å². The van der Waals surface area contributed by atoms with Crippen LogP contribution in [0.1, 0.15) is 439 Å². The van der Waals surface area contributed by atoms with E-state index < -0.39 is 97.5 Å². The summed E-state index contributed by atoms with van der Waals surface area (Å²) in [6.45, 7) is 5.04. The molecule has 0 heterocycles. The molecule has 19 heteroatoms.